The van der Waals surface area contributed by atoms with E-state index < -0.39 is 58.9 Å². The molecule has 3 aliphatic rings. The highest BCUT2D eigenvalue weighted by atomic mass is 19.4. The average Bonchev–Trinajstić information content (AvgIpc) is 3.24. The summed E-state index contributed by atoms with van der Waals surface area (Å²) in [5, 5.41) is 21.7. The van der Waals surface area contributed by atoms with E-state index in [2.05, 4.69) is 20.3 Å². The standard InChI is InChI=1S/C24H21F7N4O2/c25-17-5-6-18(19(26)7-17)22(36,12-35-14-32-33-34-35)24(30,31)21-9-20(10-21,11-21)16-3-1-15(2-4-16)8-37-13-23(27,28)29/h1-7,14,36H,8-13H2/t20?,21?,22-/m1/s1. The van der Waals surface area contributed by atoms with Crippen LogP contribution in [0.1, 0.15) is 36.0 Å². The van der Waals surface area contributed by atoms with Crippen LogP contribution in [0.4, 0.5) is 30.7 Å². The fraction of sp³-hybridized carbons (Fsp3) is 0.458. The third-order valence-electron chi connectivity index (χ3n) is 7.48. The lowest BCUT2D eigenvalue weighted by molar-refractivity contribution is -0.347. The summed E-state index contributed by atoms with van der Waals surface area (Å²) in [6.45, 7) is -2.49. The topological polar surface area (TPSA) is 73.1 Å². The van der Waals surface area contributed by atoms with Gasteiger partial charge >= 0.3 is 6.18 Å². The van der Waals surface area contributed by atoms with Crippen molar-refractivity contribution in [1.29, 1.82) is 0 Å². The molecule has 198 valence electrons. The van der Waals surface area contributed by atoms with Crippen LogP contribution < -0.4 is 0 Å². The maximum absolute atomic E-state index is 16.2. The van der Waals surface area contributed by atoms with Gasteiger partial charge in [-0.3, -0.25) is 0 Å². The zero-order valence-corrected chi connectivity index (χ0v) is 19.2. The molecule has 2 bridgehead atoms. The second-order valence-corrected chi connectivity index (χ2v) is 9.96. The van der Waals surface area contributed by atoms with E-state index in [1.165, 1.54) is 0 Å². The number of tetrazole rings is 1. The molecule has 6 nitrogen and oxygen atoms in total. The minimum absolute atomic E-state index is 0.00233. The summed E-state index contributed by atoms with van der Waals surface area (Å²) < 4.78 is 103. The molecule has 0 aliphatic heterocycles. The highest BCUT2D eigenvalue weighted by molar-refractivity contribution is 5.43. The first kappa shape index (κ1) is 25.6. The molecule has 2 aromatic carbocycles. The smallest absolute Gasteiger partial charge is 0.377 e. The van der Waals surface area contributed by atoms with Crippen LogP contribution in [0.3, 0.4) is 0 Å². The Hall–Kier alpha value is -3.06. The number of nitrogens with zero attached hydrogens (tertiary/aromatic N) is 4. The Morgan fingerprint density at radius 1 is 0.973 bits per heavy atom. The summed E-state index contributed by atoms with van der Waals surface area (Å²) in [6.07, 6.45) is -3.44. The Labute approximate surface area is 206 Å². The van der Waals surface area contributed by atoms with E-state index >= 15 is 8.78 Å². The molecule has 1 aromatic heterocycles. The van der Waals surface area contributed by atoms with Gasteiger partial charge in [-0.2, -0.15) is 13.2 Å². The fourth-order valence-electron chi connectivity index (χ4n) is 5.77. The van der Waals surface area contributed by atoms with E-state index in [0.29, 0.717) is 11.6 Å². The van der Waals surface area contributed by atoms with Gasteiger partial charge in [0.2, 0.25) is 0 Å². The number of hydrogen-bond acceptors (Lipinski definition) is 5. The van der Waals surface area contributed by atoms with Crippen molar-refractivity contribution in [2.24, 2.45) is 5.41 Å². The van der Waals surface area contributed by atoms with Crippen molar-refractivity contribution in [2.75, 3.05) is 6.61 Å². The van der Waals surface area contributed by atoms with Gasteiger partial charge in [0, 0.05) is 17.0 Å². The third-order valence-corrected chi connectivity index (χ3v) is 7.48. The minimum Gasteiger partial charge on any atom is -0.377 e. The lowest BCUT2D eigenvalue weighted by Gasteiger charge is -2.74. The molecule has 37 heavy (non-hydrogen) atoms. The van der Waals surface area contributed by atoms with E-state index in [9.17, 15) is 27.1 Å². The molecule has 0 radical (unpaired) electrons. The van der Waals surface area contributed by atoms with Crippen molar-refractivity contribution in [1.82, 2.24) is 20.2 Å². The Morgan fingerprint density at radius 2 is 1.65 bits per heavy atom. The monoisotopic (exact) mass is 530 g/mol. The predicted octanol–water partition coefficient (Wildman–Crippen LogP) is 4.68. The predicted molar refractivity (Wildman–Crippen MR) is 113 cm³/mol. The maximum Gasteiger partial charge on any atom is 0.411 e. The van der Waals surface area contributed by atoms with Crippen molar-refractivity contribution in [3.8, 4) is 0 Å². The van der Waals surface area contributed by atoms with E-state index in [-0.39, 0.29) is 25.9 Å². The number of hydrogen-bond donors (Lipinski definition) is 1. The van der Waals surface area contributed by atoms with Crippen molar-refractivity contribution in [3.63, 3.8) is 0 Å². The molecular formula is C24H21F7N4O2. The summed E-state index contributed by atoms with van der Waals surface area (Å²) in [5.74, 6) is -6.15. The van der Waals surface area contributed by atoms with Gasteiger partial charge in [-0.25, -0.2) is 22.2 Å². The molecule has 0 saturated heterocycles. The Bertz CT molecular complexity index is 1260. The van der Waals surface area contributed by atoms with E-state index in [1.807, 2.05) is 0 Å². The first-order valence-corrected chi connectivity index (χ1v) is 11.3. The van der Waals surface area contributed by atoms with Crippen LogP contribution in [0.15, 0.2) is 48.8 Å². The number of aromatic nitrogens is 4. The van der Waals surface area contributed by atoms with Crippen LogP contribution in [-0.4, -0.2) is 44.0 Å². The Kier molecular flexibility index (Phi) is 5.87. The fourth-order valence-corrected chi connectivity index (χ4v) is 5.77. The molecule has 1 N–H and O–H groups in total. The SMILES string of the molecule is O[C@](Cn1cnnn1)(c1ccc(F)cc1F)C(F)(F)C12CC(c3ccc(COCC(F)(F)F)cc3)(C1)C2. The summed E-state index contributed by atoms with van der Waals surface area (Å²) in [6, 6.07) is 8.52. The van der Waals surface area contributed by atoms with Crippen LogP contribution in [0, 0.1) is 17.0 Å². The van der Waals surface area contributed by atoms with Crippen LogP contribution in [0.25, 0.3) is 0 Å². The Balaban J connectivity index is 1.36. The molecule has 3 fully saturated rings. The summed E-state index contributed by atoms with van der Waals surface area (Å²) in [7, 11) is 0. The first-order valence-electron chi connectivity index (χ1n) is 11.3. The van der Waals surface area contributed by atoms with Gasteiger partial charge < -0.3 is 9.84 Å². The van der Waals surface area contributed by atoms with Gasteiger partial charge in [-0.05, 0) is 58.4 Å². The van der Waals surface area contributed by atoms with Gasteiger partial charge in [-0.15, -0.1) is 5.10 Å². The molecule has 0 unspecified atom stereocenters. The molecule has 1 heterocycles. The summed E-state index contributed by atoms with van der Waals surface area (Å²) >= 11 is 0. The van der Waals surface area contributed by atoms with Crippen molar-refractivity contribution >= 4 is 0 Å². The first-order chi connectivity index (χ1) is 17.3. The van der Waals surface area contributed by atoms with E-state index in [0.717, 1.165) is 28.7 Å². The second kappa shape index (κ2) is 8.48. The van der Waals surface area contributed by atoms with Gasteiger partial charge in [0.05, 0.1) is 13.2 Å². The zero-order chi connectivity index (χ0) is 26.7. The number of rotatable bonds is 9. The van der Waals surface area contributed by atoms with Crippen LogP contribution in [0.5, 0.6) is 0 Å². The normalized spacial score (nSPS) is 24.8. The minimum atomic E-state index is -4.44. The van der Waals surface area contributed by atoms with Crippen LogP contribution >= 0.6 is 0 Å². The molecular weight excluding hydrogens is 509 g/mol. The molecule has 3 saturated carbocycles. The van der Waals surface area contributed by atoms with Gasteiger partial charge in [0.1, 0.15) is 24.6 Å². The lowest BCUT2D eigenvalue weighted by atomic mass is 9.30. The molecule has 3 aromatic rings. The summed E-state index contributed by atoms with van der Waals surface area (Å²) in [4.78, 5) is 0. The van der Waals surface area contributed by atoms with Crippen molar-refractivity contribution in [2.45, 2.75) is 55.5 Å². The zero-order valence-electron chi connectivity index (χ0n) is 19.2. The number of halogens is 7. The number of alkyl halides is 5. The molecule has 6 rings (SSSR count). The van der Waals surface area contributed by atoms with Crippen molar-refractivity contribution in [3.05, 3.63) is 77.1 Å². The van der Waals surface area contributed by atoms with Crippen molar-refractivity contribution < 1.29 is 40.6 Å². The van der Waals surface area contributed by atoms with E-state index in [1.54, 1.807) is 24.3 Å². The Morgan fingerprint density at radius 3 is 2.22 bits per heavy atom. The highest BCUT2D eigenvalue weighted by Crippen LogP contribution is 2.80. The lowest BCUT2D eigenvalue weighted by Crippen LogP contribution is -2.76. The maximum atomic E-state index is 16.2. The quantitative estimate of drug-likeness (QED) is 0.407. The molecule has 13 heteroatoms. The van der Waals surface area contributed by atoms with Gasteiger partial charge in [-0.1, -0.05) is 24.3 Å². The molecule has 0 amide bonds. The highest BCUT2D eigenvalue weighted by Gasteiger charge is 2.82. The number of aliphatic hydroxyl groups is 1. The third kappa shape index (κ3) is 4.17. The molecule has 0 spiro atoms. The van der Waals surface area contributed by atoms with Crippen LogP contribution in [0.2, 0.25) is 0 Å². The second-order valence-electron chi connectivity index (χ2n) is 9.96. The number of ether oxygens (including phenoxy) is 1. The van der Waals surface area contributed by atoms with E-state index in [4.69, 9.17) is 0 Å². The van der Waals surface area contributed by atoms with Gasteiger partial charge in [0.15, 0.2) is 5.60 Å². The summed E-state index contributed by atoms with van der Waals surface area (Å²) in [5.41, 5.74) is -4.84. The molecule has 1 atom stereocenters. The molecule has 3 aliphatic carbocycles. The largest absolute Gasteiger partial charge is 0.411 e. The number of benzene rings is 2. The average molecular weight is 530 g/mol. The van der Waals surface area contributed by atoms with Crippen LogP contribution in [-0.2, 0) is 28.9 Å². The van der Waals surface area contributed by atoms with Gasteiger partial charge in [0.25, 0.3) is 5.92 Å².